The van der Waals surface area contributed by atoms with Gasteiger partial charge in [0.05, 0.1) is 6.54 Å². The van der Waals surface area contributed by atoms with Crippen LogP contribution in [0.1, 0.15) is 11.1 Å². The fourth-order valence-electron chi connectivity index (χ4n) is 2.24. The van der Waals surface area contributed by atoms with E-state index < -0.39 is 0 Å². The summed E-state index contributed by atoms with van der Waals surface area (Å²) in [7, 11) is 4.04. The quantitative estimate of drug-likeness (QED) is 0.845. The second kappa shape index (κ2) is 7.70. The molecule has 2 aromatic rings. The zero-order chi connectivity index (χ0) is 15.1. The molecule has 0 aliphatic heterocycles. The first kappa shape index (κ1) is 15.4. The molecule has 0 unspecified atom stereocenters. The van der Waals surface area contributed by atoms with Crippen molar-refractivity contribution in [2.45, 2.75) is 13.5 Å². The van der Waals surface area contributed by atoms with Crippen LogP contribution in [0.4, 0.5) is 5.69 Å². The molecular weight excluding hydrogens is 260 g/mol. The molecule has 0 heterocycles. The van der Waals surface area contributed by atoms with Crippen LogP contribution in [0.5, 0.6) is 5.75 Å². The Morgan fingerprint density at radius 3 is 2.67 bits per heavy atom. The summed E-state index contributed by atoms with van der Waals surface area (Å²) in [5.74, 6) is 0.931. The third-order valence-electron chi connectivity index (χ3n) is 3.42. The molecule has 2 aromatic carbocycles. The second-order valence-electron chi connectivity index (χ2n) is 5.29. The summed E-state index contributed by atoms with van der Waals surface area (Å²) in [5, 5.41) is 3.15. The molecule has 0 bridgehead atoms. The minimum atomic E-state index is 0.674. The number of benzene rings is 2. The van der Waals surface area contributed by atoms with Crippen LogP contribution in [0.2, 0.25) is 0 Å². The van der Waals surface area contributed by atoms with Gasteiger partial charge in [-0.2, -0.15) is 0 Å². The van der Waals surface area contributed by atoms with Gasteiger partial charge in [0.15, 0.2) is 0 Å². The van der Waals surface area contributed by atoms with Crippen molar-refractivity contribution in [2.24, 2.45) is 0 Å². The Kier molecular flexibility index (Phi) is 5.64. The molecule has 0 aliphatic rings. The fourth-order valence-corrected chi connectivity index (χ4v) is 2.24. The Morgan fingerprint density at radius 1 is 1.10 bits per heavy atom. The van der Waals surface area contributed by atoms with E-state index in [0.29, 0.717) is 6.61 Å². The highest BCUT2D eigenvalue weighted by molar-refractivity contribution is 5.47. The Labute approximate surface area is 127 Å². The zero-order valence-corrected chi connectivity index (χ0v) is 13.1. The number of hydrogen-bond acceptors (Lipinski definition) is 3. The summed E-state index contributed by atoms with van der Waals surface area (Å²) >= 11 is 0. The van der Waals surface area contributed by atoms with E-state index in [1.54, 1.807) is 0 Å². The van der Waals surface area contributed by atoms with E-state index in [4.69, 9.17) is 4.74 Å². The summed E-state index contributed by atoms with van der Waals surface area (Å²) in [5.41, 5.74) is 3.74. The maximum atomic E-state index is 5.85. The van der Waals surface area contributed by atoms with Crippen LogP contribution in [-0.2, 0) is 6.54 Å². The van der Waals surface area contributed by atoms with Gasteiger partial charge in [0, 0.05) is 19.3 Å². The summed E-state index contributed by atoms with van der Waals surface area (Å²) in [6, 6.07) is 16.7. The van der Waals surface area contributed by atoms with Crippen molar-refractivity contribution in [3.63, 3.8) is 0 Å². The van der Waals surface area contributed by atoms with Gasteiger partial charge in [0.1, 0.15) is 12.4 Å². The van der Waals surface area contributed by atoms with Crippen LogP contribution < -0.4 is 15.0 Å². The molecule has 0 spiro atoms. The molecule has 112 valence electrons. The SMILES string of the molecule is CNCc1cccc(OCCN(C)c2cccc(C)c2)c1. The van der Waals surface area contributed by atoms with E-state index >= 15 is 0 Å². The van der Waals surface area contributed by atoms with Crippen molar-refractivity contribution in [2.75, 3.05) is 32.1 Å². The van der Waals surface area contributed by atoms with E-state index in [1.165, 1.54) is 16.8 Å². The molecular formula is C18H24N2O. The molecule has 3 heteroatoms. The van der Waals surface area contributed by atoms with Gasteiger partial charge < -0.3 is 15.0 Å². The molecule has 0 saturated heterocycles. The molecule has 3 nitrogen and oxygen atoms in total. The Hall–Kier alpha value is -2.00. The van der Waals surface area contributed by atoms with Crippen molar-refractivity contribution in [1.82, 2.24) is 5.32 Å². The highest BCUT2D eigenvalue weighted by Gasteiger charge is 2.02. The number of hydrogen-bond donors (Lipinski definition) is 1. The molecule has 0 aliphatic carbocycles. The Morgan fingerprint density at radius 2 is 1.90 bits per heavy atom. The van der Waals surface area contributed by atoms with Crippen molar-refractivity contribution in [1.29, 1.82) is 0 Å². The van der Waals surface area contributed by atoms with E-state index in [1.807, 2.05) is 19.2 Å². The van der Waals surface area contributed by atoms with Crippen molar-refractivity contribution in [3.05, 3.63) is 59.7 Å². The number of nitrogens with zero attached hydrogens (tertiary/aromatic N) is 1. The molecule has 2 rings (SSSR count). The number of anilines is 1. The highest BCUT2D eigenvalue weighted by Crippen LogP contribution is 2.15. The lowest BCUT2D eigenvalue weighted by Crippen LogP contribution is -2.23. The van der Waals surface area contributed by atoms with Gasteiger partial charge in [0.25, 0.3) is 0 Å². The van der Waals surface area contributed by atoms with Crippen LogP contribution in [0, 0.1) is 6.92 Å². The van der Waals surface area contributed by atoms with Gasteiger partial charge in [-0.25, -0.2) is 0 Å². The Balaban J connectivity index is 1.85. The maximum Gasteiger partial charge on any atom is 0.119 e. The minimum Gasteiger partial charge on any atom is -0.492 e. The van der Waals surface area contributed by atoms with Crippen LogP contribution in [0.15, 0.2) is 48.5 Å². The molecule has 0 amide bonds. The van der Waals surface area contributed by atoms with E-state index in [9.17, 15) is 0 Å². The minimum absolute atomic E-state index is 0.674. The summed E-state index contributed by atoms with van der Waals surface area (Å²) < 4.78 is 5.85. The predicted octanol–water partition coefficient (Wildman–Crippen LogP) is 3.23. The average Bonchev–Trinajstić information content (AvgIpc) is 2.48. The predicted molar refractivity (Wildman–Crippen MR) is 89.1 cm³/mol. The number of rotatable bonds is 7. The molecule has 21 heavy (non-hydrogen) atoms. The van der Waals surface area contributed by atoms with Gasteiger partial charge in [-0.15, -0.1) is 0 Å². The average molecular weight is 284 g/mol. The molecule has 0 radical (unpaired) electrons. The van der Waals surface area contributed by atoms with Crippen molar-refractivity contribution in [3.8, 4) is 5.75 Å². The lowest BCUT2D eigenvalue weighted by molar-refractivity contribution is 0.325. The maximum absolute atomic E-state index is 5.85. The number of aryl methyl sites for hydroxylation is 1. The lowest BCUT2D eigenvalue weighted by Gasteiger charge is -2.20. The molecule has 0 atom stereocenters. The largest absolute Gasteiger partial charge is 0.492 e. The monoisotopic (exact) mass is 284 g/mol. The van der Waals surface area contributed by atoms with Crippen LogP contribution in [0.25, 0.3) is 0 Å². The van der Waals surface area contributed by atoms with Gasteiger partial charge >= 0.3 is 0 Å². The van der Waals surface area contributed by atoms with E-state index in [2.05, 4.69) is 60.6 Å². The standard InChI is InChI=1S/C18H24N2O/c1-15-6-4-8-17(12-15)20(3)10-11-21-18-9-5-7-16(13-18)14-19-2/h4-9,12-13,19H,10-11,14H2,1-3H3. The molecule has 0 fully saturated rings. The third-order valence-corrected chi connectivity index (χ3v) is 3.42. The van der Waals surface area contributed by atoms with Crippen molar-refractivity contribution < 1.29 is 4.74 Å². The topological polar surface area (TPSA) is 24.5 Å². The Bertz CT molecular complexity index is 569. The van der Waals surface area contributed by atoms with Gasteiger partial charge in [-0.1, -0.05) is 24.3 Å². The number of nitrogens with one attached hydrogen (secondary N) is 1. The molecule has 1 N–H and O–H groups in total. The van der Waals surface area contributed by atoms with Gasteiger partial charge in [0.2, 0.25) is 0 Å². The number of ether oxygens (including phenoxy) is 1. The first-order valence-corrected chi connectivity index (χ1v) is 7.33. The van der Waals surface area contributed by atoms with E-state index in [0.717, 1.165) is 18.8 Å². The van der Waals surface area contributed by atoms with E-state index in [-0.39, 0.29) is 0 Å². The second-order valence-corrected chi connectivity index (χ2v) is 5.29. The molecule has 0 saturated carbocycles. The highest BCUT2D eigenvalue weighted by atomic mass is 16.5. The summed E-state index contributed by atoms with van der Waals surface area (Å²) in [4.78, 5) is 2.21. The zero-order valence-electron chi connectivity index (χ0n) is 13.1. The number of likely N-dealkylation sites (N-methyl/N-ethyl adjacent to an activating group) is 1. The fraction of sp³-hybridized carbons (Fsp3) is 0.333. The molecule has 0 aromatic heterocycles. The summed E-state index contributed by atoms with van der Waals surface area (Å²) in [6.07, 6.45) is 0. The lowest BCUT2D eigenvalue weighted by atomic mass is 10.2. The van der Waals surface area contributed by atoms with Gasteiger partial charge in [-0.05, 0) is 49.4 Å². The van der Waals surface area contributed by atoms with Crippen LogP contribution >= 0.6 is 0 Å². The summed E-state index contributed by atoms with van der Waals surface area (Å²) in [6.45, 7) is 4.51. The third kappa shape index (κ3) is 4.80. The van der Waals surface area contributed by atoms with Crippen LogP contribution in [-0.4, -0.2) is 27.2 Å². The van der Waals surface area contributed by atoms with Gasteiger partial charge in [-0.3, -0.25) is 0 Å². The van der Waals surface area contributed by atoms with Crippen molar-refractivity contribution >= 4 is 5.69 Å². The first-order chi connectivity index (χ1) is 10.2. The first-order valence-electron chi connectivity index (χ1n) is 7.33. The normalized spacial score (nSPS) is 10.4. The smallest absolute Gasteiger partial charge is 0.119 e. The van der Waals surface area contributed by atoms with Crippen LogP contribution in [0.3, 0.4) is 0 Å².